The lowest BCUT2D eigenvalue weighted by Crippen LogP contribution is -2.27. The maximum absolute atomic E-state index is 12.2. The lowest BCUT2D eigenvalue weighted by Gasteiger charge is -2.14. The van der Waals surface area contributed by atoms with Gasteiger partial charge < -0.3 is 15.0 Å². The van der Waals surface area contributed by atoms with E-state index in [4.69, 9.17) is 4.79 Å². The summed E-state index contributed by atoms with van der Waals surface area (Å²) in [6.45, 7) is 3.72. The van der Waals surface area contributed by atoms with Gasteiger partial charge in [0.05, 0.1) is 5.56 Å². The number of hydrogen-bond acceptors (Lipinski definition) is 6. The molecule has 1 saturated heterocycles. The largest absolute Gasteiger partial charge is 0.350 e. The van der Waals surface area contributed by atoms with Crippen LogP contribution in [0.5, 0.6) is 0 Å². The summed E-state index contributed by atoms with van der Waals surface area (Å²) in [6.07, 6.45) is 9.60. The molecule has 0 aliphatic carbocycles. The van der Waals surface area contributed by atoms with Gasteiger partial charge in [-0.15, -0.1) is 0 Å². The van der Waals surface area contributed by atoms with E-state index in [0.717, 1.165) is 37.8 Å². The molecule has 0 atom stereocenters. The normalized spacial score (nSPS) is 13.0. The summed E-state index contributed by atoms with van der Waals surface area (Å²) in [4.78, 5) is 35.2. The van der Waals surface area contributed by atoms with Crippen LogP contribution in [0.1, 0.15) is 35.7 Å². The first kappa shape index (κ1) is 17.5. The third kappa shape index (κ3) is 5.12. The molecule has 1 fully saturated rings. The zero-order valence-corrected chi connectivity index (χ0v) is 13.7. The van der Waals surface area contributed by atoms with Crippen LogP contribution >= 0.6 is 0 Å². The molecule has 3 heterocycles. The number of hydrogen-bond donors (Lipinski definition) is 1. The fraction of sp³-hybridized carbons (Fsp3) is 0.353. The summed E-state index contributed by atoms with van der Waals surface area (Å²) in [7, 11) is 0. The summed E-state index contributed by atoms with van der Waals surface area (Å²) in [5.41, 5.74) is 1.60. The lowest BCUT2D eigenvalue weighted by atomic mass is 10.3. The molecule has 2 aromatic rings. The molecule has 0 radical (unpaired) electrons. The Kier molecular flexibility index (Phi) is 6.82. The van der Waals surface area contributed by atoms with Crippen LogP contribution in [0.25, 0.3) is 0 Å². The monoisotopic (exact) mass is 327 g/mol. The van der Waals surface area contributed by atoms with Crippen molar-refractivity contribution in [3.8, 4) is 0 Å². The summed E-state index contributed by atoms with van der Waals surface area (Å²) in [5, 5.41) is 3.11. The molecule has 7 nitrogen and oxygen atoms in total. The molecule has 24 heavy (non-hydrogen) atoms. The summed E-state index contributed by atoms with van der Waals surface area (Å²) < 4.78 is 0. The zero-order valence-electron chi connectivity index (χ0n) is 13.7. The van der Waals surface area contributed by atoms with Gasteiger partial charge in [0, 0.05) is 44.4 Å². The number of pyridine rings is 1. The first-order valence-corrected chi connectivity index (χ1v) is 7.88. The van der Waals surface area contributed by atoms with Crippen molar-refractivity contribution in [1.29, 1.82) is 0 Å². The fourth-order valence-corrected chi connectivity index (χ4v) is 2.32. The average molecular weight is 327 g/mol. The molecular weight excluding hydrogens is 306 g/mol. The zero-order chi connectivity index (χ0) is 17.2. The Bertz CT molecular complexity index is 640. The number of rotatable bonds is 4. The Morgan fingerprint density at radius 2 is 1.92 bits per heavy atom. The Balaban J connectivity index is 0.000000647. The van der Waals surface area contributed by atoms with Gasteiger partial charge in [-0.05, 0) is 31.4 Å². The summed E-state index contributed by atoms with van der Waals surface area (Å²) >= 11 is 0. The number of anilines is 1. The minimum atomic E-state index is 0.0197. The number of nitrogens with zero attached hydrogens (tertiary/aromatic N) is 4. The van der Waals surface area contributed by atoms with Crippen LogP contribution in [0.4, 0.5) is 5.95 Å². The molecule has 1 amide bonds. The van der Waals surface area contributed by atoms with E-state index in [-0.39, 0.29) is 5.91 Å². The van der Waals surface area contributed by atoms with Crippen LogP contribution in [0.15, 0.2) is 36.9 Å². The molecule has 0 aromatic carbocycles. The molecule has 1 aliphatic heterocycles. The number of likely N-dealkylation sites (tertiary alicyclic amines) is 1. The Hall–Kier alpha value is -2.83. The number of aldehydes is 1. The number of carbonyl (C=O) groups is 2. The van der Waals surface area contributed by atoms with Crippen molar-refractivity contribution in [2.75, 3.05) is 18.4 Å². The van der Waals surface area contributed by atoms with Gasteiger partial charge in [0.2, 0.25) is 5.95 Å². The highest BCUT2D eigenvalue weighted by Crippen LogP contribution is 2.12. The standard InChI is InChI=1S/C15H17N5O.C2H4O/c21-14(20-6-1-2-7-20)13-10-18-15(19-11-13)17-9-12-4-3-5-16-8-12;1-2-3/h3-5,8,10-11H,1-2,6-7,9H2,(H,17,18,19);2H,1H3. The molecule has 7 heteroatoms. The van der Waals surface area contributed by atoms with Crippen molar-refractivity contribution in [3.63, 3.8) is 0 Å². The minimum Gasteiger partial charge on any atom is -0.350 e. The second-order valence-electron chi connectivity index (χ2n) is 5.25. The number of amides is 1. The molecule has 0 spiro atoms. The first-order valence-electron chi connectivity index (χ1n) is 7.88. The van der Waals surface area contributed by atoms with Gasteiger partial charge >= 0.3 is 0 Å². The second-order valence-corrected chi connectivity index (χ2v) is 5.25. The van der Waals surface area contributed by atoms with Gasteiger partial charge in [0.15, 0.2) is 0 Å². The van der Waals surface area contributed by atoms with Crippen molar-refractivity contribution >= 4 is 18.1 Å². The van der Waals surface area contributed by atoms with Gasteiger partial charge in [-0.3, -0.25) is 9.78 Å². The lowest BCUT2D eigenvalue weighted by molar-refractivity contribution is -0.106. The SMILES string of the molecule is CC=O.O=C(c1cnc(NCc2cccnc2)nc1)N1CCCC1. The van der Waals surface area contributed by atoms with Crippen molar-refractivity contribution in [1.82, 2.24) is 19.9 Å². The molecule has 0 bridgehead atoms. The van der Waals surface area contributed by atoms with E-state index in [1.165, 1.54) is 6.92 Å². The maximum Gasteiger partial charge on any atom is 0.256 e. The van der Waals surface area contributed by atoms with E-state index in [9.17, 15) is 4.79 Å². The van der Waals surface area contributed by atoms with Crippen molar-refractivity contribution in [2.45, 2.75) is 26.3 Å². The van der Waals surface area contributed by atoms with Gasteiger partial charge in [-0.25, -0.2) is 9.97 Å². The van der Waals surface area contributed by atoms with E-state index in [1.807, 2.05) is 17.0 Å². The molecule has 1 N–H and O–H groups in total. The first-order chi connectivity index (χ1) is 11.7. The topological polar surface area (TPSA) is 88.1 Å². The van der Waals surface area contributed by atoms with E-state index in [1.54, 1.807) is 24.8 Å². The van der Waals surface area contributed by atoms with Gasteiger partial charge in [0.25, 0.3) is 5.91 Å². The number of carbonyl (C=O) groups excluding carboxylic acids is 2. The Morgan fingerprint density at radius 3 is 2.50 bits per heavy atom. The van der Waals surface area contributed by atoms with Crippen LogP contribution < -0.4 is 5.32 Å². The van der Waals surface area contributed by atoms with Gasteiger partial charge in [-0.1, -0.05) is 6.07 Å². The second kappa shape index (κ2) is 9.34. The minimum absolute atomic E-state index is 0.0197. The van der Waals surface area contributed by atoms with E-state index in [2.05, 4.69) is 20.3 Å². The molecule has 3 rings (SSSR count). The van der Waals surface area contributed by atoms with E-state index < -0.39 is 0 Å². The van der Waals surface area contributed by atoms with Crippen molar-refractivity contribution in [3.05, 3.63) is 48.0 Å². The molecule has 0 saturated carbocycles. The van der Waals surface area contributed by atoms with Crippen LogP contribution in [-0.4, -0.2) is 45.1 Å². The van der Waals surface area contributed by atoms with E-state index in [0.29, 0.717) is 18.1 Å². The third-order valence-electron chi connectivity index (χ3n) is 3.47. The highest BCUT2D eigenvalue weighted by Gasteiger charge is 2.19. The smallest absolute Gasteiger partial charge is 0.256 e. The Labute approximate surface area is 141 Å². The number of aromatic nitrogens is 3. The van der Waals surface area contributed by atoms with E-state index >= 15 is 0 Å². The third-order valence-corrected chi connectivity index (χ3v) is 3.47. The van der Waals surface area contributed by atoms with Gasteiger partial charge in [0.1, 0.15) is 6.29 Å². The molecule has 2 aromatic heterocycles. The predicted octanol–water partition coefficient (Wildman–Crippen LogP) is 1.92. The molecule has 126 valence electrons. The van der Waals surface area contributed by atoms with Crippen LogP contribution in [0.3, 0.4) is 0 Å². The summed E-state index contributed by atoms with van der Waals surface area (Å²) in [5.74, 6) is 0.531. The van der Waals surface area contributed by atoms with Crippen LogP contribution in [0.2, 0.25) is 0 Å². The summed E-state index contributed by atoms with van der Waals surface area (Å²) in [6, 6.07) is 3.86. The maximum atomic E-state index is 12.2. The highest BCUT2D eigenvalue weighted by atomic mass is 16.2. The average Bonchev–Trinajstić information content (AvgIpc) is 3.16. The van der Waals surface area contributed by atoms with Crippen molar-refractivity contribution < 1.29 is 9.59 Å². The molecular formula is C17H21N5O2. The van der Waals surface area contributed by atoms with Gasteiger partial charge in [-0.2, -0.15) is 0 Å². The molecule has 1 aliphatic rings. The fourth-order valence-electron chi connectivity index (χ4n) is 2.32. The quantitative estimate of drug-likeness (QED) is 0.863. The van der Waals surface area contributed by atoms with Crippen molar-refractivity contribution in [2.24, 2.45) is 0 Å². The Morgan fingerprint density at radius 1 is 1.25 bits per heavy atom. The number of nitrogens with one attached hydrogen (secondary N) is 1. The van der Waals surface area contributed by atoms with Crippen LogP contribution in [0, 0.1) is 0 Å². The highest BCUT2D eigenvalue weighted by molar-refractivity contribution is 5.93. The van der Waals surface area contributed by atoms with Crippen LogP contribution in [-0.2, 0) is 11.3 Å². The molecule has 0 unspecified atom stereocenters. The predicted molar refractivity (Wildman–Crippen MR) is 90.5 cm³/mol.